The predicted octanol–water partition coefficient (Wildman–Crippen LogP) is 3.62. The number of imidazole rings is 1. The van der Waals surface area contributed by atoms with Gasteiger partial charge >= 0.3 is 24.3 Å². The van der Waals surface area contributed by atoms with Crippen molar-refractivity contribution in [3.05, 3.63) is 41.9 Å². The number of aliphatic carboxylic acids is 2. The summed E-state index contributed by atoms with van der Waals surface area (Å²) >= 11 is 0. The van der Waals surface area contributed by atoms with Crippen LogP contribution in [0, 0.1) is 5.92 Å². The molecule has 4 heterocycles. The summed E-state index contributed by atoms with van der Waals surface area (Å²) in [6, 6.07) is 3.95. The summed E-state index contributed by atoms with van der Waals surface area (Å²) in [7, 11) is 2.11. The molecular formula is C23H30F6N4O6. The molecule has 0 saturated carbocycles. The van der Waals surface area contributed by atoms with Crippen LogP contribution in [0.25, 0.3) is 0 Å². The molecule has 1 fully saturated rings. The van der Waals surface area contributed by atoms with Crippen molar-refractivity contribution in [2.45, 2.75) is 51.4 Å². The lowest BCUT2D eigenvalue weighted by molar-refractivity contribution is -0.193. The maximum absolute atomic E-state index is 10.6. The number of furan rings is 1. The molecule has 0 bridgehead atoms. The standard InChI is InChI=1S/C19H28N4O2.2C2HF3O2/c1-21(14-18-3-2-8-25-18)12-17-13-23-7-6-22(15-19(23)20-17)11-16-4-9-24-10-5-16;2*3-2(4,5)1(6)7/h2-3,8,13,16H,4-7,9-12,14-15H2,1H3;2*(H,6,7). The van der Waals surface area contributed by atoms with Crippen molar-refractivity contribution in [2.75, 3.05) is 33.4 Å². The molecule has 4 rings (SSSR count). The number of alkyl halides is 6. The van der Waals surface area contributed by atoms with Crippen molar-refractivity contribution in [1.29, 1.82) is 0 Å². The minimum Gasteiger partial charge on any atom is -0.475 e. The number of ether oxygens (including phenoxy) is 1. The van der Waals surface area contributed by atoms with Gasteiger partial charge in [0.2, 0.25) is 0 Å². The summed E-state index contributed by atoms with van der Waals surface area (Å²) in [5.41, 5.74) is 1.15. The number of aromatic nitrogens is 2. The molecule has 0 unspecified atom stereocenters. The van der Waals surface area contributed by atoms with Crippen LogP contribution in [0.4, 0.5) is 26.3 Å². The molecule has 220 valence electrons. The van der Waals surface area contributed by atoms with Gasteiger partial charge in [0.15, 0.2) is 0 Å². The van der Waals surface area contributed by atoms with Crippen molar-refractivity contribution >= 4 is 11.9 Å². The van der Waals surface area contributed by atoms with E-state index in [4.69, 9.17) is 33.9 Å². The van der Waals surface area contributed by atoms with Gasteiger partial charge in [-0.15, -0.1) is 0 Å². The van der Waals surface area contributed by atoms with Gasteiger partial charge in [-0.3, -0.25) is 9.80 Å². The number of fused-ring (bicyclic) bond motifs is 1. The predicted molar refractivity (Wildman–Crippen MR) is 122 cm³/mol. The van der Waals surface area contributed by atoms with Gasteiger partial charge in [-0.1, -0.05) is 0 Å². The Bertz CT molecular complexity index is 1010. The molecule has 0 amide bonds. The first kappa shape index (κ1) is 32.1. The normalized spacial score (nSPS) is 16.5. The molecule has 0 atom stereocenters. The molecule has 0 radical (unpaired) electrons. The van der Waals surface area contributed by atoms with E-state index in [-0.39, 0.29) is 0 Å². The van der Waals surface area contributed by atoms with E-state index in [1.165, 1.54) is 25.2 Å². The van der Waals surface area contributed by atoms with Crippen LogP contribution in [0.1, 0.15) is 30.1 Å². The monoisotopic (exact) mass is 572 g/mol. The Morgan fingerprint density at radius 1 is 1.05 bits per heavy atom. The number of halogens is 6. The molecule has 2 aromatic rings. The van der Waals surface area contributed by atoms with Gasteiger partial charge in [0, 0.05) is 45.6 Å². The number of carbonyl (C=O) groups is 2. The fourth-order valence-corrected chi connectivity index (χ4v) is 3.89. The minimum atomic E-state index is -5.08. The second-order valence-electron chi connectivity index (χ2n) is 8.99. The third-order valence-electron chi connectivity index (χ3n) is 5.71. The van der Waals surface area contributed by atoms with Crippen LogP contribution >= 0.6 is 0 Å². The highest BCUT2D eigenvalue weighted by Crippen LogP contribution is 2.20. The van der Waals surface area contributed by atoms with E-state index in [2.05, 4.69) is 27.6 Å². The first-order chi connectivity index (χ1) is 18.1. The van der Waals surface area contributed by atoms with Gasteiger partial charge in [0.25, 0.3) is 0 Å². The average molecular weight is 573 g/mol. The number of hydrogen-bond acceptors (Lipinski definition) is 7. The Morgan fingerprint density at radius 2 is 1.64 bits per heavy atom. The van der Waals surface area contributed by atoms with E-state index < -0.39 is 24.3 Å². The maximum atomic E-state index is 10.6. The van der Waals surface area contributed by atoms with E-state index in [1.807, 2.05) is 12.1 Å². The van der Waals surface area contributed by atoms with Crippen LogP contribution in [0.2, 0.25) is 0 Å². The van der Waals surface area contributed by atoms with Crippen molar-refractivity contribution in [2.24, 2.45) is 5.92 Å². The van der Waals surface area contributed by atoms with E-state index in [0.29, 0.717) is 0 Å². The van der Waals surface area contributed by atoms with Gasteiger partial charge in [-0.25, -0.2) is 14.6 Å². The van der Waals surface area contributed by atoms with Crippen molar-refractivity contribution in [1.82, 2.24) is 19.4 Å². The van der Waals surface area contributed by atoms with Gasteiger partial charge in [0.05, 0.1) is 25.0 Å². The fraction of sp³-hybridized carbons (Fsp3) is 0.609. The number of carboxylic acid groups (broad SMARTS) is 2. The van der Waals surface area contributed by atoms with Crippen LogP contribution in [-0.4, -0.2) is 87.2 Å². The second kappa shape index (κ2) is 14.3. The molecule has 16 heteroatoms. The lowest BCUT2D eigenvalue weighted by Gasteiger charge is -2.32. The molecular weight excluding hydrogens is 542 g/mol. The quantitative estimate of drug-likeness (QED) is 0.500. The van der Waals surface area contributed by atoms with E-state index in [0.717, 1.165) is 63.3 Å². The minimum absolute atomic E-state index is 0.786. The SMILES string of the molecule is CN(Cc1cn2c(n1)CN(CC1CCOCC1)CC2)Cc1ccco1.O=C(O)C(F)(F)F.O=C(O)C(F)(F)F. The topological polar surface area (TPSA) is 121 Å². The number of carboxylic acids is 2. The summed E-state index contributed by atoms with van der Waals surface area (Å²) < 4.78 is 76.7. The maximum Gasteiger partial charge on any atom is 0.490 e. The molecule has 2 aliphatic heterocycles. The first-order valence-electron chi connectivity index (χ1n) is 11.8. The second-order valence-corrected chi connectivity index (χ2v) is 8.99. The Kier molecular flexibility index (Phi) is 11.8. The third-order valence-corrected chi connectivity index (χ3v) is 5.71. The molecule has 39 heavy (non-hydrogen) atoms. The Labute approximate surface area is 219 Å². The number of nitrogens with zero attached hydrogens (tertiary/aromatic N) is 4. The molecule has 1 saturated heterocycles. The summed E-state index contributed by atoms with van der Waals surface area (Å²) in [5.74, 6) is -2.53. The largest absolute Gasteiger partial charge is 0.490 e. The first-order valence-corrected chi connectivity index (χ1v) is 11.8. The smallest absolute Gasteiger partial charge is 0.475 e. The summed E-state index contributed by atoms with van der Waals surface area (Å²) in [6.45, 7) is 7.85. The van der Waals surface area contributed by atoms with E-state index in [9.17, 15) is 26.3 Å². The summed E-state index contributed by atoms with van der Waals surface area (Å²) in [5, 5.41) is 14.2. The lowest BCUT2D eigenvalue weighted by atomic mass is 9.99. The molecule has 2 aliphatic rings. The Balaban J connectivity index is 0.000000317. The lowest BCUT2D eigenvalue weighted by Crippen LogP contribution is -2.38. The highest BCUT2D eigenvalue weighted by molar-refractivity contribution is 5.73. The van der Waals surface area contributed by atoms with Crippen LogP contribution < -0.4 is 0 Å². The number of hydrogen-bond donors (Lipinski definition) is 2. The van der Waals surface area contributed by atoms with Crippen molar-refractivity contribution in [3.8, 4) is 0 Å². The highest BCUT2D eigenvalue weighted by Gasteiger charge is 2.38. The van der Waals surface area contributed by atoms with Gasteiger partial charge in [-0.05, 0) is 37.9 Å². The van der Waals surface area contributed by atoms with Crippen LogP contribution in [-0.2, 0) is 40.5 Å². The molecule has 10 nitrogen and oxygen atoms in total. The van der Waals surface area contributed by atoms with Crippen molar-refractivity contribution in [3.63, 3.8) is 0 Å². The zero-order valence-corrected chi connectivity index (χ0v) is 21.0. The molecule has 2 N–H and O–H groups in total. The Morgan fingerprint density at radius 3 is 2.15 bits per heavy atom. The number of rotatable bonds is 6. The van der Waals surface area contributed by atoms with Crippen LogP contribution in [0.15, 0.2) is 29.0 Å². The van der Waals surface area contributed by atoms with Crippen LogP contribution in [0.5, 0.6) is 0 Å². The third kappa shape index (κ3) is 11.7. The van der Waals surface area contributed by atoms with Gasteiger partial charge in [0.1, 0.15) is 11.6 Å². The van der Waals surface area contributed by atoms with Crippen molar-refractivity contribution < 1.29 is 55.3 Å². The molecule has 0 aromatic carbocycles. The molecule has 0 aliphatic carbocycles. The zero-order chi connectivity index (χ0) is 29.2. The molecule has 2 aromatic heterocycles. The summed E-state index contributed by atoms with van der Waals surface area (Å²) in [4.78, 5) is 27.5. The Hall–Kier alpha value is -3.11. The van der Waals surface area contributed by atoms with E-state index in [1.54, 1.807) is 6.26 Å². The highest BCUT2D eigenvalue weighted by atomic mass is 19.4. The van der Waals surface area contributed by atoms with Crippen LogP contribution in [0.3, 0.4) is 0 Å². The van der Waals surface area contributed by atoms with E-state index >= 15 is 0 Å². The summed E-state index contributed by atoms with van der Waals surface area (Å²) in [6.07, 6.45) is -3.81. The fourth-order valence-electron chi connectivity index (χ4n) is 3.89. The van der Waals surface area contributed by atoms with Gasteiger partial charge < -0.3 is 23.9 Å². The zero-order valence-electron chi connectivity index (χ0n) is 21.0. The average Bonchev–Trinajstić information content (AvgIpc) is 3.48. The molecule has 0 spiro atoms. The van der Waals surface area contributed by atoms with Gasteiger partial charge in [-0.2, -0.15) is 26.3 Å².